The molecule has 1 atom stereocenters. The first-order valence-electron chi connectivity index (χ1n) is 9.89. The summed E-state index contributed by atoms with van der Waals surface area (Å²) in [6.45, 7) is 5.75. The van der Waals surface area contributed by atoms with Crippen LogP contribution in [0, 0.1) is 6.92 Å². The van der Waals surface area contributed by atoms with Gasteiger partial charge < -0.3 is 23.7 Å². The Hall–Kier alpha value is -2.31. The highest BCUT2D eigenvalue weighted by atomic mass is 16.6. The van der Waals surface area contributed by atoms with Gasteiger partial charge in [0.1, 0.15) is 12.7 Å². The lowest BCUT2D eigenvalue weighted by Crippen LogP contribution is -2.37. The zero-order valence-corrected chi connectivity index (χ0v) is 16.9. The molecular formula is C22H28N2O4. The summed E-state index contributed by atoms with van der Waals surface area (Å²) in [6, 6.07) is 8.21. The number of aryl methyl sites for hydroxylation is 1. The highest BCUT2D eigenvalue weighted by Crippen LogP contribution is 2.36. The lowest BCUT2D eigenvalue weighted by atomic mass is 9.93. The number of ether oxygens (including phenoxy) is 3. The number of anilines is 1. The van der Waals surface area contributed by atoms with E-state index >= 15 is 0 Å². The molecule has 1 fully saturated rings. The Morgan fingerprint density at radius 3 is 2.61 bits per heavy atom. The van der Waals surface area contributed by atoms with Gasteiger partial charge >= 0.3 is 0 Å². The van der Waals surface area contributed by atoms with Gasteiger partial charge in [-0.3, -0.25) is 4.79 Å². The quantitative estimate of drug-likeness (QED) is 0.735. The van der Waals surface area contributed by atoms with E-state index < -0.39 is 0 Å². The van der Waals surface area contributed by atoms with E-state index in [0.29, 0.717) is 19.1 Å². The summed E-state index contributed by atoms with van der Waals surface area (Å²) < 4.78 is 18.7. The maximum Gasteiger partial charge on any atom is 0.197 e. The average molecular weight is 384 g/mol. The number of fused-ring (bicyclic) bond motifs is 3. The third-order valence-corrected chi connectivity index (χ3v) is 5.79. The molecule has 0 N–H and O–H groups in total. The molecule has 0 bridgehead atoms. The number of rotatable bonds is 7. The minimum Gasteiger partial charge on any atom is -0.476 e. The standard InChI is InChI=1S/C22H28N2O4/c1-15-20(25)12-21(28-14-18(27-3)13-26-2)24-10-7-16-11-17(23-8-4-9-23)5-6-19(16)22(15)24/h5-6,11-12,18H,4,7-10,13-14H2,1-3H3/t18-/m0/s1. The maximum atomic E-state index is 12.6. The van der Waals surface area contributed by atoms with Gasteiger partial charge in [0.05, 0.1) is 12.3 Å². The Morgan fingerprint density at radius 1 is 1.11 bits per heavy atom. The van der Waals surface area contributed by atoms with E-state index in [1.165, 1.54) is 17.7 Å². The van der Waals surface area contributed by atoms with Crippen molar-refractivity contribution in [2.75, 3.05) is 45.4 Å². The van der Waals surface area contributed by atoms with Gasteiger partial charge in [0, 0.05) is 56.7 Å². The number of benzene rings is 1. The van der Waals surface area contributed by atoms with Crippen molar-refractivity contribution in [3.05, 3.63) is 45.6 Å². The molecule has 0 spiro atoms. The molecule has 6 nitrogen and oxygen atoms in total. The Balaban J connectivity index is 1.68. The SMILES string of the molecule is COC[C@@H](COc1cc(=O)c(C)c2n1CCc1cc(N3CCC3)ccc1-2)OC. The number of pyridine rings is 1. The zero-order valence-electron chi connectivity index (χ0n) is 16.9. The summed E-state index contributed by atoms with van der Waals surface area (Å²) >= 11 is 0. The van der Waals surface area contributed by atoms with Gasteiger partial charge in [-0.05, 0) is 37.5 Å². The predicted octanol–water partition coefficient (Wildman–Crippen LogP) is 2.63. The molecular weight excluding hydrogens is 356 g/mol. The average Bonchev–Trinajstić information content (AvgIpc) is 2.66. The normalized spacial score (nSPS) is 16.2. The molecule has 6 heteroatoms. The van der Waals surface area contributed by atoms with Crippen LogP contribution in [0.3, 0.4) is 0 Å². The lowest BCUT2D eigenvalue weighted by Gasteiger charge is -2.34. The van der Waals surface area contributed by atoms with Gasteiger partial charge in [-0.2, -0.15) is 0 Å². The lowest BCUT2D eigenvalue weighted by molar-refractivity contribution is -0.000948. The Labute approximate surface area is 165 Å². The van der Waals surface area contributed by atoms with Gasteiger partial charge in [0.2, 0.25) is 0 Å². The molecule has 0 aliphatic carbocycles. The van der Waals surface area contributed by atoms with Crippen LogP contribution < -0.4 is 15.1 Å². The highest BCUT2D eigenvalue weighted by molar-refractivity contribution is 5.72. The van der Waals surface area contributed by atoms with Crippen LogP contribution in [0.25, 0.3) is 11.3 Å². The summed E-state index contributed by atoms with van der Waals surface area (Å²) in [4.78, 5) is 15.0. The largest absolute Gasteiger partial charge is 0.476 e. The van der Waals surface area contributed by atoms with E-state index in [0.717, 1.165) is 42.9 Å². The third kappa shape index (κ3) is 3.42. The first-order chi connectivity index (χ1) is 13.6. The Kier molecular flexibility index (Phi) is 5.42. The molecule has 150 valence electrons. The number of nitrogens with zero attached hydrogens (tertiary/aromatic N) is 2. The molecule has 28 heavy (non-hydrogen) atoms. The molecule has 4 rings (SSSR count). The van der Waals surface area contributed by atoms with Crippen molar-refractivity contribution in [2.24, 2.45) is 0 Å². The molecule has 1 aromatic heterocycles. The fraction of sp³-hybridized carbons (Fsp3) is 0.500. The summed E-state index contributed by atoms with van der Waals surface area (Å²) in [5.74, 6) is 0.598. The van der Waals surface area contributed by atoms with Crippen molar-refractivity contribution < 1.29 is 14.2 Å². The number of methoxy groups -OCH3 is 2. The molecule has 0 radical (unpaired) electrons. The number of aromatic nitrogens is 1. The van der Waals surface area contributed by atoms with E-state index in [1.54, 1.807) is 20.3 Å². The zero-order chi connectivity index (χ0) is 19.7. The molecule has 1 aromatic carbocycles. The van der Waals surface area contributed by atoms with Crippen molar-refractivity contribution in [2.45, 2.75) is 32.4 Å². The van der Waals surface area contributed by atoms with E-state index in [2.05, 4.69) is 27.7 Å². The molecule has 2 aliphatic heterocycles. The van der Waals surface area contributed by atoms with Crippen LogP contribution in [0.4, 0.5) is 5.69 Å². The van der Waals surface area contributed by atoms with Crippen LogP contribution in [-0.4, -0.2) is 51.2 Å². The van der Waals surface area contributed by atoms with E-state index in [-0.39, 0.29) is 11.5 Å². The predicted molar refractivity (Wildman–Crippen MR) is 110 cm³/mol. The number of hydrogen-bond acceptors (Lipinski definition) is 5. The summed E-state index contributed by atoms with van der Waals surface area (Å²) in [5, 5.41) is 0. The van der Waals surface area contributed by atoms with Crippen molar-refractivity contribution in [3.63, 3.8) is 0 Å². The minimum absolute atomic E-state index is 0.00151. The molecule has 0 unspecified atom stereocenters. The Morgan fingerprint density at radius 2 is 1.93 bits per heavy atom. The van der Waals surface area contributed by atoms with E-state index in [9.17, 15) is 4.79 Å². The van der Waals surface area contributed by atoms with Gasteiger partial charge in [0.15, 0.2) is 11.3 Å². The number of hydrogen-bond donors (Lipinski definition) is 0. The summed E-state index contributed by atoms with van der Waals surface area (Å²) in [7, 11) is 3.27. The maximum absolute atomic E-state index is 12.6. The Bertz CT molecular complexity index is 917. The van der Waals surface area contributed by atoms with Crippen molar-refractivity contribution >= 4 is 5.69 Å². The van der Waals surface area contributed by atoms with Crippen LogP contribution in [0.5, 0.6) is 5.88 Å². The molecule has 2 aliphatic rings. The van der Waals surface area contributed by atoms with Gasteiger partial charge in [-0.25, -0.2) is 0 Å². The van der Waals surface area contributed by atoms with Crippen molar-refractivity contribution in [1.82, 2.24) is 4.57 Å². The second-order valence-electron chi connectivity index (χ2n) is 7.53. The first-order valence-corrected chi connectivity index (χ1v) is 9.89. The van der Waals surface area contributed by atoms with Crippen LogP contribution in [0.15, 0.2) is 29.1 Å². The van der Waals surface area contributed by atoms with Gasteiger partial charge in [0.25, 0.3) is 0 Å². The second-order valence-corrected chi connectivity index (χ2v) is 7.53. The first kappa shape index (κ1) is 19.0. The molecule has 2 aromatic rings. The summed E-state index contributed by atoms with van der Waals surface area (Å²) in [6.07, 6.45) is 2.02. The fourth-order valence-electron chi connectivity index (χ4n) is 3.99. The van der Waals surface area contributed by atoms with Crippen LogP contribution in [0.2, 0.25) is 0 Å². The fourth-order valence-corrected chi connectivity index (χ4v) is 3.99. The van der Waals surface area contributed by atoms with Gasteiger partial charge in [-0.15, -0.1) is 0 Å². The summed E-state index contributed by atoms with van der Waals surface area (Å²) in [5.41, 5.74) is 5.47. The molecule has 0 amide bonds. The minimum atomic E-state index is -0.174. The van der Waals surface area contributed by atoms with E-state index in [1.807, 2.05) is 6.92 Å². The second kappa shape index (κ2) is 7.97. The van der Waals surface area contributed by atoms with Gasteiger partial charge in [-0.1, -0.05) is 6.07 Å². The molecule has 3 heterocycles. The topological polar surface area (TPSA) is 52.9 Å². The van der Waals surface area contributed by atoms with Crippen LogP contribution in [-0.2, 0) is 22.4 Å². The smallest absolute Gasteiger partial charge is 0.197 e. The monoisotopic (exact) mass is 384 g/mol. The van der Waals surface area contributed by atoms with Crippen molar-refractivity contribution in [3.8, 4) is 17.1 Å². The third-order valence-electron chi connectivity index (χ3n) is 5.79. The van der Waals surface area contributed by atoms with Crippen molar-refractivity contribution in [1.29, 1.82) is 0 Å². The highest BCUT2D eigenvalue weighted by Gasteiger charge is 2.24. The molecule has 1 saturated heterocycles. The van der Waals surface area contributed by atoms with Crippen LogP contribution >= 0.6 is 0 Å². The van der Waals surface area contributed by atoms with E-state index in [4.69, 9.17) is 14.2 Å². The molecule has 0 saturated carbocycles. The van der Waals surface area contributed by atoms with Crippen LogP contribution in [0.1, 0.15) is 17.5 Å².